The van der Waals surface area contributed by atoms with Crippen LogP contribution in [0.1, 0.15) is 37.7 Å². The number of amides is 1. The molecular weight excluding hydrogens is 288 g/mol. The Hall–Kier alpha value is -1.49. The Labute approximate surface area is 128 Å². The van der Waals surface area contributed by atoms with Gasteiger partial charge >= 0.3 is 0 Å². The number of aliphatic hydroxyl groups is 1. The molecule has 4 unspecified atom stereocenters. The number of aliphatic hydroxyl groups excluding tert-OH is 1. The predicted molar refractivity (Wildman–Crippen MR) is 78.2 cm³/mol. The van der Waals surface area contributed by atoms with Crippen LogP contribution in [0, 0.1) is 23.5 Å². The Morgan fingerprint density at radius 3 is 2.91 bits per heavy atom. The van der Waals surface area contributed by atoms with Crippen LogP contribution in [-0.2, 0) is 4.79 Å². The molecule has 1 heterocycles. The van der Waals surface area contributed by atoms with Crippen LogP contribution >= 0.6 is 0 Å². The van der Waals surface area contributed by atoms with E-state index in [1.807, 2.05) is 0 Å². The number of hydrogen-bond donors (Lipinski definition) is 1. The van der Waals surface area contributed by atoms with E-state index in [0.29, 0.717) is 25.1 Å². The van der Waals surface area contributed by atoms with Crippen LogP contribution in [-0.4, -0.2) is 35.1 Å². The molecular formula is C17H21F2NO2. The normalized spacial score (nSPS) is 29.3. The monoisotopic (exact) mass is 309 g/mol. The highest BCUT2D eigenvalue weighted by molar-refractivity contribution is 5.83. The number of halogens is 2. The zero-order valence-electron chi connectivity index (χ0n) is 12.6. The summed E-state index contributed by atoms with van der Waals surface area (Å²) < 4.78 is 27.1. The van der Waals surface area contributed by atoms with Gasteiger partial charge in [0.15, 0.2) is 11.6 Å². The molecule has 0 spiro atoms. The quantitative estimate of drug-likeness (QED) is 0.932. The lowest BCUT2D eigenvalue weighted by molar-refractivity contribution is -0.135. The molecule has 3 nitrogen and oxygen atoms in total. The molecule has 0 radical (unpaired) electrons. The second-order valence-electron chi connectivity index (χ2n) is 6.52. The van der Waals surface area contributed by atoms with Gasteiger partial charge in [0.25, 0.3) is 0 Å². The molecule has 2 aliphatic rings. The summed E-state index contributed by atoms with van der Waals surface area (Å²) in [7, 11) is 0. The fourth-order valence-corrected chi connectivity index (χ4v) is 3.46. The predicted octanol–water partition coefficient (Wildman–Crippen LogP) is 2.69. The van der Waals surface area contributed by atoms with Crippen LogP contribution in [0.4, 0.5) is 8.78 Å². The van der Waals surface area contributed by atoms with E-state index < -0.39 is 17.7 Å². The van der Waals surface area contributed by atoms with E-state index in [9.17, 15) is 18.7 Å². The van der Waals surface area contributed by atoms with Crippen molar-refractivity contribution in [3.05, 3.63) is 35.4 Å². The molecule has 5 heteroatoms. The molecule has 120 valence electrons. The first-order valence-corrected chi connectivity index (χ1v) is 7.89. The molecule has 1 aliphatic carbocycles. The summed E-state index contributed by atoms with van der Waals surface area (Å²) in [5.41, 5.74) is 0.308. The molecule has 4 atom stereocenters. The summed E-state index contributed by atoms with van der Waals surface area (Å²) in [4.78, 5) is 14.3. The van der Waals surface area contributed by atoms with Crippen molar-refractivity contribution < 1.29 is 18.7 Å². The van der Waals surface area contributed by atoms with Gasteiger partial charge in [-0.05, 0) is 43.7 Å². The zero-order valence-corrected chi connectivity index (χ0v) is 12.6. The Kier molecular flexibility index (Phi) is 4.17. The second kappa shape index (κ2) is 5.95. The van der Waals surface area contributed by atoms with E-state index >= 15 is 0 Å². The van der Waals surface area contributed by atoms with Crippen molar-refractivity contribution >= 4 is 5.91 Å². The van der Waals surface area contributed by atoms with Gasteiger partial charge in [-0.3, -0.25) is 4.79 Å². The number of likely N-dealkylation sites (tertiary alicyclic amines) is 1. The van der Waals surface area contributed by atoms with Gasteiger partial charge in [-0.15, -0.1) is 0 Å². The van der Waals surface area contributed by atoms with Gasteiger partial charge in [-0.2, -0.15) is 0 Å². The van der Waals surface area contributed by atoms with E-state index in [1.54, 1.807) is 17.9 Å². The van der Waals surface area contributed by atoms with Gasteiger partial charge < -0.3 is 10.0 Å². The van der Waals surface area contributed by atoms with Crippen LogP contribution in [0.15, 0.2) is 18.2 Å². The zero-order chi connectivity index (χ0) is 15.9. The lowest BCUT2D eigenvalue weighted by Crippen LogP contribution is -2.43. The topological polar surface area (TPSA) is 40.5 Å². The molecule has 1 saturated carbocycles. The van der Waals surface area contributed by atoms with E-state index in [4.69, 9.17) is 0 Å². The highest BCUT2D eigenvalue weighted by Gasteiger charge is 2.47. The van der Waals surface area contributed by atoms with Gasteiger partial charge in [-0.25, -0.2) is 8.78 Å². The first kappa shape index (κ1) is 15.4. The van der Waals surface area contributed by atoms with Crippen molar-refractivity contribution in [1.82, 2.24) is 4.90 Å². The summed E-state index contributed by atoms with van der Waals surface area (Å²) in [5.74, 6) is -2.02. The number of benzene rings is 1. The maximum atomic E-state index is 13.8. The number of rotatable bonds is 3. The second-order valence-corrected chi connectivity index (χ2v) is 6.52. The summed E-state index contributed by atoms with van der Waals surface area (Å²) in [6.07, 6.45) is 1.96. The van der Waals surface area contributed by atoms with E-state index in [2.05, 4.69) is 0 Å². The van der Waals surface area contributed by atoms with E-state index in [-0.39, 0.29) is 23.7 Å². The number of piperidine rings is 1. The average Bonchev–Trinajstić information content (AvgIpc) is 3.29. The van der Waals surface area contributed by atoms with Crippen LogP contribution in [0.5, 0.6) is 0 Å². The number of carbonyl (C=O) groups excluding carboxylic acids is 1. The van der Waals surface area contributed by atoms with E-state index in [0.717, 1.165) is 18.9 Å². The average molecular weight is 309 g/mol. The van der Waals surface area contributed by atoms with Crippen molar-refractivity contribution in [2.75, 3.05) is 13.1 Å². The summed E-state index contributed by atoms with van der Waals surface area (Å²) >= 11 is 0. The Morgan fingerprint density at radius 2 is 2.18 bits per heavy atom. The van der Waals surface area contributed by atoms with Gasteiger partial charge in [0, 0.05) is 24.9 Å². The van der Waals surface area contributed by atoms with Crippen molar-refractivity contribution in [1.29, 1.82) is 0 Å². The smallest absolute Gasteiger partial charge is 0.226 e. The molecule has 0 aromatic heterocycles. The SMILES string of the molecule is CC(O)C1CCCN(C(=O)C2CC2c2cccc(F)c2F)C1. The lowest BCUT2D eigenvalue weighted by atomic mass is 9.93. The molecule has 22 heavy (non-hydrogen) atoms. The maximum Gasteiger partial charge on any atom is 0.226 e. The van der Waals surface area contributed by atoms with Crippen LogP contribution in [0.2, 0.25) is 0 Å². The third-order valence-corrected chi connectivity index (χ3v) is 4.94. The summed E-state index contributed by atoms with van der Waals surface area (Å²) in [5, 5.41) is 9.70. The fraction of sp³-hybridized carbons (Fsp3) is 0.588. The van der Waals surface area contributed by atoms with Crippen molar-refractivity contribution in [2.24, 2.45) is 11.8 Å². The fourth-order valence-electron chi connectivity index (χ4n) is 3.46. The van der Waals surface area contributed by atoms with E-state index in [1.165, 1.54) is 6.07 Å². The molecule has 1 aromatic carbocycles. The summed E-state index contributed by atoms with van der Waals surface area (Å²) in [6, 6.07) is 4.14. The maximum absolute atomic E-state index is 13.8. The first-order valence-electron chi connectivity index (χ1n) is 7.89. The molecule has 2 fully saturated rings. The van der Waals surface area contributed by atoms with Crippen molar-refractivity contribution in [3.63, 3.8) is 0 Å². The minimum absolute atomic E-state index is 0.0130. The van der Waals surface area contributed by atoms with Gasteiger partial charge in [0.1, 0.15) is 0 Å². The van der Waals surface area contributed by atoms with Gasteiger partial charge in [-0.1, -0.05) is 12.1 Å². The van der Waals surface area contributed by atoms with Gasteiger partial charge in [0.2, 0.25) is 5.91 Å². The Balaban J connectivity index is 1.66. The number of nitrogens with zero attached hydrogens (tertiary/aromatic N) is 1. The first-order chi connectivity index (χ1) is 10.5. The molecule has 1 aromatic rings. The third-order valence-electron chi connectivity index (χ3n) is 4.94. The molecule has 3 rings (SSSR count). The standard InChI is InChI=1S/C17H21F2NO2/c1-10(21)11-4-3-7-20(9-11)17(22)14-8-13(14)12-5-2-6-15(18)16(12)19/h2,5-6,10-11,13-14,21H,3-4,7-9H2,1H3. The highest BCUT2D eigenvalue weighted by Crippen LogP contribution is 2.49. The molecule has 1 amide bonds. The summed E-state index contributed by atoms with van der Waals surface area (Å²) in [6.45, 7) is 3.00. The number of carbonyl (C=O) groups is 1. The van der Waals surface area contributed by atoms with Crippen LogP contribution < -0.4 is 0 Å². The molecule has 1 aliphatic heterocycles. The van der Waals surface area contributed by atoms with Crippen molar-refractivity contribution in [2.45, 2.75) is 38.2 Å². The molecule has 0 bridgehead atoms. The van der Waals surface area contributed by atoms with Gasteiger partial charge in [0.05, 0.1) is 6.10 Å². The largest absolute Gasteiger partial charge is 0.393 e. The molecule has 1 saturated heterocycles. The van der Waals surface area contributed by atoms with Crippen molar-refractivity contribution in [3.8, 4) is 0 Å². The third kappa shape index (κ3) is 2.86. The molecule has 1 N–H and O–H groups in total. The highest BCUT2D eigenvalue weighted by atomic mass is 19.2. The van der Waals surface area contributed by atoms with Crippen LogP contribution in [0.3, 0.4) is 0 Å². The Morgan fingerprint density at radius 1 is 1.41 bits per heavy atom. The number of hydrogen-bond acceptors (Lipinski definition) is 2. The minimum Gasteiger partial charge on any atom is -0.393 e. The van der Waals surface area contributed by atoms with Crippen LogP contribution in [0.25, 0.3) is 0 Å². The minimum atomic E-state index is -0.859. The Bertz CT molecular complexity index is 576. The lowest BCUT2D eigenvalue weighted by Gasteiger charge is -2.34.